The third-order valence-corrected chi connectivity index (χ3v) is 3.24. The number of likely N-dealkylation sites (tertiary alicyclic amines) is 1. The van der Waals surface area contributed by atoms with Gasteiger partial charge < -0.3 is 9.80 Å². The molecule has 88 valence electrons. The number of piperidine rings is 1. The number of rotatable bonds is 3. The predicted octanol–water partition coefficient (Wildman–Crippen LogP) is 2.57. The second-order valence-corrected chi connectivity index (χ2v) is 4.72. The molecule has 0 spiro atoms. The Morgan fingerprint density at radius 3 is 2.47 bits per heavy atom. The Morgan fingerprint density at radius 2 is 1.93 bits per heavy atom. The van der Waals surface area contributed by atoms with Crippen LogP contribution in [0, 0.1) is 5.92 Å². The van der Waals surface area contributed by atoms with Crippen LogP contribution in [0.5, 0.6) is 0 Å². The molecule has 0 aromatic heterocycles. The first-order valence-corrected chi connectivity index (χ1v) is 6.15. The van der Waals surface area contributed by atoms with E-state index >= 15 is 0 Å². The highest BCUT2D eigenvalue weighted by molar-refractivity contribution is 5.74. The van der Waals surface area contributed by atoms with Crippen LogP contribution in [0.1, 0.15) is 39.5 Å². The average molecular weight is 212 g/mol. The summed E-state index contributed by atoms with van der Waals surface area (Å²) in [6.07, 6.45) is 4.75. The van der Waals surface area contributed by atoms with Gasteiger partial charge in [-0.2, -0.15) is 0 Å². The van der Waals surface area contributed by atoms with Gasteiger partial charge in [-0.1, -0.05) is 20.3 Å². The Kier molecular flexibility index (Phi) is 4.92. The quantitative estimate of drug-likeness (QED) is 0.705. The standard InChI is InChI=1S/C12H24N2O/c1-4-11(2)10-13(3)12(15)14-8-6-5-7-9-14/h11H,4-10H2,1-3H3. The Morgan fingerprint density at radius 1 is 1.33 bits per heavy atom. The monoisotopic (exact) mass is 212 g/mol. The minimum absolute atomic E-state index is 0.218. The van der Waals surface area contributed by atoms with Crippen molar-refractivity contribution < 1.29 is 4.79 Å². The third-order valence-electron chi connectivity index (χ3n) is 3.24. The van der Waals surface area contributed by atoms with Crippen LogP contribution in [0.2, 0.25) is 0 Å². The van der Waals surface area contributed by atoms with Crippen molar-refractivity contribution in [3.63, 3.8) is 0 Å². The molecule has 1 fully saturated rings. The van der Waals surface area contributed by atoms with E-state index in [2.05, 4.69) is 13.8 Å². The minimum atomic E-state index is 0.218. The second-order valence-electron chi connectivity index (χ2n) is 4.72. The number of amides is 2. The zero-order chi connectivity index (χ0) is 11.3. The summed E-state index contributed by atoms with van der Waals surface area (Å²) in [6, 6.07) is 0.218. The molecule has 3 heteroatoms. The predicted molar refractivity (Wildman–Crippen MR) is 62.9 cm³/mol. The minimum Gasteiger partial charge on any atom is -0.327 e. The first-order chi connectivity index (χ1) is 7.15. The van der Waals surface area contributed by atoms with Crippen molar-refractivity contribution in [2.24, 2.45) is 5.92 Å². The molecule has 3 nitrogen and oxygen atoms in total. The Balaban J connectivity index is 2.37. The van der Waals surface area contributed by atoms with Gasteiger partial charge in [-0.15, -0.1) is 0 Å². The van der Waals surface area contributed by atoms with Gasteiger partial charge in [0.25, 0.3) is 0 Å². The fraction of sp³-hybridized carbons (Fsp3) is 0.917. The highest BCUT2D eigenvalue weighted by Gasteiger charge is 2.20. The highest BCUT2D eigenvalue weighted by Crippen LogP contribution is 2.12. The van der Waals surface area contributed by atoms with E-state index in [0.29, 0.717) is 5.92 Å². The summed E-state index contributed by atoms with van der Waals surface area (Å²) in [5, 5.41) is 0. The van der Waals surface area contributed by atoms with Gasteiger partial charge in [0.2, 0.25) is 0 Å². The molecule has 1 rings (SSSR count). The molecule has 1 unspecified atom stereocenters. The lowest BCUT2D eigenvalue weighted by molar-refractivity contribution is 0.147. The molecular weight excluding hydrogens is 188 g/mol. The van der Waals surface area contributed by atoms with E-state index in [-0.39, 0.29) is 6.03 Å². The maximum Gasteiger partial charge on any atom is 0.319 e. The maximum atomic E-state index is 12.0. The first-order valence-electron chi connectivity index (χ1n) is 6.15. The van der Waals surface area contributed by atoms with Gasteiger partial charge >= 0.3 is 6.03 Å². The Labute approximate surface area is 93.4 Å². The lowest BCUT2D eigenvalue weighted by Crippen LogP contribution is -2.44. The molecule has 15 heavy (non-hydrogen) atoms. The van der Waals surface area contributed by atoms with Crippen LogP contribution in [0.25, 0.3) is 0 Å². The summed E-state index contributed by atoms with van der Waals surface area (Å²) in [6.45, 7) is 7.14. The van der Waals surface area contributed by atoms with E-state index in [1.807, 2.05) is 16.8 Å². The van der Waals surface area contributed by atoms with E-state index in [0.717, 1.165) is 26.1 Å². The van der Waals surface area contributed by atoms with Gasteiger partial charge in [-0.25, -0.2) is 4.79 Å². The van der Waals surface area contributed by atoms with Crippen LogP contribution in [0.15, 0.2) is 0 Å². The summed E-state index contributed by atoms with van der Waals surface area (Å²) in [4.78, 5) is 15.9. The fourth-order valence-corrected chi connectivity index (χ4v) is 2.00. The Bertz CT molecular complexity index is 200. The lowest BCUT2D eigenvalue weighted by Gasteiger charge is -2.32. The van der Waals surface area contributed by atoms with Crippen molar-refractivity contribution in [2.45, 2.75) is 39.5 Å². The topological polar surface area (TPSA) is 23.6 Å². The van der Waals surface area contributed by atoms with E-state index in [9.17, 15) is 4.79 Å². The van der Waals surface area contributed by atoms with Crippen molar-refractivity contribution in [3.8, 4) is 0 Å². The maximum absolute atomic E-state index is 12.0. The molecule has 0 aromatic rings. The number of hydrogen-bond acceptors (Lipinski definition) is 1. The largest absolute Gasteiger partial charge is 0.327 e. The van der Waals surface area contributed by atoms with Gasteiger partial charge in [-0.3, -0.25) is 0 Å². The summed E-state index contributed by atoms with van der Waals surface area (Å²) in [5.74, 6) is 0.601. The van der Waals surface area contributed by atoms with Gasteiger partial charge in [0, 0.05) is 26.7 Å². The summed E-state index contributed by atoms with van der Waals surface area (Å²) < 4.78 is 0. The van der Waals surface area contributed by atoms with Gasteiger partial charge in [-0.05, 0) is 25.2 Å². The number of urea groups is 1. The molecule has 1 aliphatic heterocycles. The molecule has 1 aliphatic rings. The molecule has 0 aliphatic carbocycles. The molecule has 0 radical (unpaired) electrons. The normalized spacial score (nSPS) is 18.7. The molecule has 1 atom stereocenters. The summed E-state index contributed by atoms with van der Waals surface area (Å²) in [5.41, 5.74) is 0. The SMILES string of the molecule is CCC(C)CN(C)C(=O)N1CCCCC1. The number of nitrogens with zero attached hydrogens (tertiary/aromatic N) is 2. The van der Waals surface area contributed by atoms with Gasteiger partial charge in [0.05, 0.1) is 0 Å². The summed E-state index contributed by atoms with van der Waals surface area (Å²) >= 11 is 0. The van der Waals surface area contributed by atoms with E-state index in [4.69, 9.17) is 0 Å². The van der Waals surface area contributed by atoms with Crippen molar-refractivity contribution in [3.05, 3.63) is 0 Å². The first kappa shape index (κ1) is 12.3. The molecule has 2 amide bonds. The van der Waals surface area contributed by atoms with Crippen molar-refractivity contribution in [1.29, 1.82) is 0 Å². The van der Waals surface area contributed by atoms with E-state index in [1.165, 1.54) is 19.3 Å². The number of carbonyl (C=O) groups is 1. The zero-order valence-corrected chi connectivity index (χ0v) is 10.3. The lowest BCUT2D eigenvalue weighted by atomic mass is 10.1. The fourth-order valence-electron chi connectivity index (χ4n) is 2.00. The molecule has 0 N–H and O–H groups in total. The molecule has 1 saturated heterocycles. The second kappa shape index (κ2) is 5.99. The molecule has 0 bridgehead atoms. The summed E-state index contributed by atoms with van der Waals surface area (Å²) in [7, 11) is 1.92. The van der Waals surface area contributed by atoms with E-state index < -0.39 is 0 Å². The molecule has 0 aromatic carbocycles. The van der Waals surface area contributed by atoms with Crippen LogP contribution in [-0.4, -0.2) is 42.5 Å². The van der Waals surface area contributed by atoms with Crippen LogP contribution in [-0.2, 0) is 0 Å². The van der Waals surface area contributed by atoms with Crippen molar-refractivity contribution in [2.75, 3.05) is 26.7 Å². The van der Waals surface area contributed by atoms with Gasteiger partial charge in [0.15, 0.2) is 0 Å². The molecule has 0 saturated carbocycles. The molecule has 1 heterocycles. The van der Waals surface area contributed by atoms with E-state index in [1.54, 1.807) is 0 Å². The zero-order valence-electron chi connectivity index (χ0n) is 10.3. The highest BCUT2D eigenvalue weighted by atomic mass is 16.2. The average Bonchev–Trinajstić information content (AvgIpc) is 2.29. The smallest absolute Gasteiger partial charge is 0.319 e. The number of carbonyl (C=O) groups excluding carboxylic acids is 1. The molecular formula is C12H24N2O. The Hall–Kier alpha value is -0.730. The number of hydrogen-bond donors (Lipinski definition) is 0. The van der Waals surface area contributed by atoms with Crippen LogP contribution >= 0.6 is 0 Å². The van der Waals surface area contributed by atoms with Crippen LogP contribution in [0.3, 0.4) is 0 Å². The van der Waals surface area contributed by atoms with Crippen LogP contribution < -0.4 is 0 Å². The third kappa shape index (κ3) is 3.73. The van der Waals surface area contributed by atoms with Crippen LogP contribution in [0.4, 0.5) is 4.79 Å². The van der Waals surface area contributed by atoms with Crippen molar-refractivity contribution >= 4 is 6.03 Å². The van der Waals surface area contributed by atoms with Gasteiger partial charge in [0.1, 0.15) is 0 Å². The van der Waals surface area contributed by atoms with Crippen molar-refractivity contribution in [1.82, 2.24) is 9.80 Å².